The molecule has 0 aromatic heterocycles. The Morgan fingerprint density at radius 2 is 2.29 bits per heavy atom. The predicted octanol–water partition coefficient (Wildman–Crippen LogP) is 0.375. The molecule has 0 aromatic rings. The summed E-state index contributed by atoms with van der Waals surface area (Å²) in [6, 6.07) is 2.02. The molecular weight excluding hydrogens is 180 g/mol. The van der Waals surface area contributed by atoms with Gasteiger partial charge in [0.25, 0.3) is 0 Å². The van der Waals surface area contributed by atoms with E-state index < -0.39 is 12.0 Å². The van der Waals surface area contributed by atoms with Crippen molar-refractivity contribution in [2.24, 2.45) is 11.8 Å². The first-order valence-electron chi connectivity index (χ1n) is 4.92. The number of amides is 1. The number of aliphatic hydroxyl groups is 1. The van der Waals surface area contributed by atoms with E-state index in [0.29, 0.717) is 19.5 Å². The van der Waals surface area contributed by atoms with Crippen molar-refractivity contribution in [3.8, 4) is 6.07 Å². The van der Waals surface area contributed by atoms with Crippen LogP contribution in [0, 0.1) is 23.2 Å². The lowest BCUT2D eigenvalue weighted by Gasteiger charge is -2.20. The van der Waals surface area contributed by atoms with E-state index in [1.165, 1.54) is 0 Å². The van der Waals surface area contributed by atoms with Gasteiger partial charge in [0.2, 0.25) is 5.91 Å². The highest BCUT2D eigenvalue weighted by Crippen LogP contribution is 2.17. The third kappa shape index (κ3) is 2.24. The second-order valence-electron chi connectivity index (χ2n) is 4.08. The summed E-state index contributed by atoms with van der Waals surface area (Å²) in [5, 5.41) is 18.1. The first kappa shape index (κ1) is 11.0. The van der Waals surface area contributed by atoms with Gasteiger partial charge < -0.3 is 10.0 Å². The molecule has 1 aliphatic rings. The fourth-order valence-corrected chi connectivity index (χ4v) is 1.63. The molecule has 1 saturated heterocycles. The van der Waals surface area contributed by atoms with Crippen LogP contribution in [0.4, 0.5) is 0 Å². The van der Waals surface area contributed by atoms with Crippen molar-refractivity contribution in [2.75, 3.05) is 13.1 Å². The van der Waals surface area contributed by atoms with Crippen molar-refractivity contribution in [3.05, 3.63) is 0 Å². The molecule has 1 fully saturated rings. The number of nitriles is 1. The molecule has 1 N–H and O–H groups in total. The standard InChI is InChI=1S/C10H16N2O2/c1-7(2)9(5-11)10(14)12-4-3-8(13)6-12/h7-9,13H,3-4,6H2,1-2H3/t8-,9?/m0/s1. The number of nitrogens with zero attached hydrogens (tertiary/aromatic N) is 2. The van der Waals surface area contributed by atoms with Gasteiger partial charge in [-0.15, -0.1) is 0 Å². The van der Waals surface area contributed by atoms with Crippen LogP contribution in [0.25, 0.3) is 0 Å². The molecule has 0 radical (unpaired) electrons. The Balaban J connectivity index is 2.60. The van der Waals surface area contributed by atoms with Gasteiger partial charge in [-0.25, -0.2) is 0 Å². The molecule has 14 heavy (non-hydrogen) atoms. The first-order chi connectivity index (χ1) is 6.56. The molecule has 0 bridgehead atoms. The number of hydrogen-bond donors (Lipinski definition) is 1. The number of hydrogen-bond acceptors (Lipinski definition) is 3. The van der Waals surface area contributed by atoms with Gasteiger partial charge >= 0.3 is 0 Å². The fourth-order valence-electron chi connectivity index (χ4n) is 1.63. The van der Waals surface area contributed by atoms with E-state index in [1.54, 1.807) is 4.90 Å². The van der Waals surface area contributed by atoms with Gasteiger partial charge in [-0.05, 0) is 12.3 Å². The maximum Gasteiger partial charge on any atom is 0.240 e. The molecule has 1 rings (SSSR count). The maximum atomic E-state index is 11.8. The molecule has 1 amide bonds. The number of likely N-dealkylation sites (tertiary alicyclic amines) is 1. The number of rotatable bonds is 2. The number of aliphatic hydroxyl groups excluding tert-OH is 1. The van der Waals surface area contributed by atoms with E-state index in [4.69, 9.17) is 5.26 Å². The summed E-state index contributed by atoms with van der Waals surface area (Å²) in [7, 11) is 0. The second kappa shape index (κ2) is 4.43. The Labute approximate surface area is 84.1 Å². The Morgan fingerprint density at radius 3 is 2.64 bits per heavy atom. The molecule has 0 saturated carbocycles. The molecule has 1 aliphatic heterocycles. The van der Waals surface area contributed by atoms with Crippen molar-refractivity contribution in [1.29, 1.82) is 5.26 Å². The van der Waals surface area contributed by atoms with Crippen molar-refractivity contribution >= 4 is 5.91 Å². The highest BCUT2D eigenvalue weighted by Gasteiger charge is 2.31. The van der Waals surface area contributed by atoms with Gasteiger partial charge in [0.05, 0.1) is 12.2 Å². The quantitative estimate of drug-likeness (QED) is 0.694. The van der Waals surface area contributed by atoms with Crippen LogP contribution in [0.5, 0.6) is 0 Å². The minimum Gasteiger partial charge on any atom is -0.391 e. The number of carbonyl (C=O) groups excluding carboxylic acids is 1. The molecule has 78 valence electrons. The number of β-amino-alcohol motifs (C(OH)–C–C–N with tert-alkyl or cyclic N) is 1. The molecule has 1 unspecified atom stereocenters. The average Bonchev–Trinajstić information content (AvgIpc) is 2.52. The summed E-state index contributed by atoms with van der Waals surface area (Å²) in [6.07, 6.45) is 0.215. The van der Waals surface area contributed by atoms with Gasteiger partial charge in [0, 0.05) is 13.1 Å². The summed E-state index contributed by atoms with van der Waals surface area (Å²) >= 11 is 0. The lowest BCUT2D eigenvalue weighted by atomic mass is 9.96. The zero-order valence-corrected chi connectivity index (χ0v) is 8.60. The highest BCUT2D eigenvalue weighted by atomic mass is 16.3. The fraction of sp³-hybridized carbons (Fsp3) is 0.800. The lowest BCUT2D eigenvalue weighted by Crippen LogP contribution is -2.36. The smallest absolute Gasteiger partial charge is 0.240 e. The topological polar surface area (TPSA) is 64.3 Å². The molecule has 1 heterocycles. The Bertz CT molecular complexity index is 257. The maximum absolute atomic E-state index is 11.8. The predicted molar refractivity (Wildman–Crippen MR) is 51.1 cm³/mol. The van der Waals surface area contributed by atoms with E-state index in [2.05, 4.69) is 0 Å². The summed E-state index contributed by atoms with van der Waals surface area (Å²) in [4.78, 5) is 13.3. The molecule has 0 aromatic carbocycles. The van der Waals surface area contributed by atoms with Gasteiger partial charge in [0.1, 0.15) is 5.92 Å². The van der Waals surface area contributed by atoms with Crippen LogP contribution in [0.15, 0.2) is 0 Å². The Kier molecular flexibility index (Phi) is 3.48. The van der Waals surface area contributed by atoms with Crippen LogP contribution in [0.3, 0.4) is 0 Å². The van der Waals surface area contributed by atoms with Crippen LogP contribution in [-0.4, -0.2) is 35.1 Å². The minimum absolute atomic E-state index is 0.0326. The van der Waals surface area contributed by atoms with E-state index >= 15 is 0 Å². The summed E-state index contributed by atoms with van der Waals surface area (Å²) in [5.74, 6) is -0.676. The zero-order chi connectivity index (χ0) is 10.7. The molecule has 4 heteroatoms. The van der Waals surface area contributed by atoms with Crippen LogP contribution >= 0.6 is 0 Å². The van der Waals surface area contributed by atoms with Crippen molar-refractivity contribution < 1.29 is 9.90 Å². The van der Waals surface area contributed by atoms with E-state index in [-0.39, 0.29) is 11.8 Å². The Hall–Kier alpha value is -1.08. The highest BCUT2D eigenvalue weighted by molar-refractivity contribution is 5.81. The SMILES string of the molecule is CC(C)C(C#N)C(=O)N1CC[C@H](O)C1. The van der Waals surface area contributed by atoms with E-state index in [0.717, 1.165) is 0 Å². The monoisotopic (exact) mass is 196 g/mol. The molecule has 4 nitrogen and oxygen atoms in total. The van der Waals surface area contributed by atoms with Crippen molar-refractivity contribution in [2.45, 2.75) is 26.4 Å². The van der Waals surface area contributed by atoms with E-state index in [1.807, 2.05) is 19.9 Å². The zero-order valence-electron chi connectivity index (χ0n) is 8.60. The first-order valence-corrected chi connectivity index (χ1v) is 4.92. The Morgan fingerprint density at radius 1 is 1.64 bits per heavy atom. The number of carbonyl (C=O) groups is 1. The summed E-state index contributed by atoms with van der Waals surface area (Å²) < 4.78 is 0. The summed E-state index contributed by atoms with van der Waals surface area (Å²) in [5.41, 5.74) is 0. The molecular formula is C10H16N2O2. The van der Waals surface area contributed by atoms with E-state index in [9.17, 15) is 9.90 Å². The second-order valence-corrected chi connectivity index (χ2v) is 4.08. The lowest BCUT2D eigenvalue weighted by molar-refractivity contribution is -0.134. The molecule has 0 spiro atoms. The third-order valence-electron chi connectivity index (χ3n) is 2.55. The normalized spacial score (nSPS) is 23.6. The van der Waals surface area contributed by atoms with Gasteiger partial charge in [-0.1, -0.05) is 13.8 Å². The third-order valence-corrected chi connectivity index (χ3v) is 2.55. The van der Waals surface area contributed by atoms with Gasteiger partial charge in [-0.2, -0.15) is 5.26 Å². The average molecular weight is 196 g/mol. The molecule has 2 atom stereocenters. The molecule has 0 aliphatic carbocycles. The summed E-state index contributed by atoms with van der Waals surface area (Å²) in [6.45, 7) is 4.67. The van der Waals surface area contributed by atoms with Crippen LogP contribution in [0.2, 0.25) is 0 Å². The largest absolute Gasteiger partial charge is 0.391 e. The minimum atomic E-state index is -0.569. The van der Waals surface area contributed by atoms with Crippen LogP contribution < -0.4 is 0 Å². The van der Waals surface area contributed by atoms with Crippen molar-refractivity contribution in [1.82, 2.24) is 4.90 Å². The van der Waals surface area contributed by atoms with Crippen LogP contribution in [0.1, 0.15) is 20.3 Å². The van der Waals surface area contributed by atoms with Crippen molar-refractivity contribution in [3.63, 3.8) is 0 Å². The van der Waals surface area contributed by atoms with Gasteiger partial charge in [0.15, 0.2) is 0 Å². The van der Waals surface area contributed by atoms with Crippen LogP contribution in [-0.2, 0) is 4.79 Å². The van der Waals surface area contributed by atoms with Gasteiger partial charge in [-0.3, -0.25) is 4.79 Å².